The van der Waals surface area contributed by atoms with Crippen LogP contribution in [0.2, 0.25) is 0 Å². The van der Waals surface area contributed by atoms with Gasteiger partial charge in [0.15, 0.2) is 12.0 Å². The first-order valence-electron chi connectivity index (χ1n) is 7.23. The van der Waals surface area contributed by atoms with E-state index in [-0.39, 0.29) is 18.3 Å². The predicted molar refractivity (Wildman–Crippen MR) is 97.8 cm³/mol. The second-order valence-corrected chi connectivity index (χ2v) is 6.35. The number of aldehydes is 1. The van der Waals surface area contributed by atoms with Crippen molar-refractivity contribution in [2.24, 2.45) is 0 Å². The van der Waals surface area contributed by atoms with Crippen molar-refractivity contribution >= 4 is 34.8 Å². The Balaban J connectivity index is 1.65. The number of benzene rings is 2. The number of furan rings is 1. The van der Waals surface area contributed by atoms with Crippen LogP contribution in [0.15, 0.2) is 65.1 Å². The van der Waals surface area contributed by atoms with E-state index in [4.69, 9.17) is 9.15 Å². The predicted octanol–water partition coefficient (Wildman–Crippen LogP) is 4.72. The van der Waals surface area contributed by atoms with Crippen LogP contribution >= 0.6 is 22.6 Å². The van der Waals surface area contributed by atoms with Crippen molar-refractivity contribution in [3.8, 4) is 11.3 Å². The zero-order chi connectivity index (χ0) is 16.9. The summed E-state index contributed by atoms with van der Waals surface area (Å²) in [7, 11) is 0. The van der Waals surface area contributed by atoms with Crippen LogP contribution in [0.1, 0.15) is 26.5 Å². The van der Waals surface area contributed by atoms with Crippen molar-refractivity contribution in [2.45, 2.75) is 6.61 Å². The Bertz CT molecular complexity index is 848. The lowest BCUT2D eigenvalue weighted by atomic mass is 10.1. The first kappa shape index (κ1) is 16.4. The molecule has 0 aliphatic rings. The highest BCUT2D eigenvalue weighted by Gasteiger charge is 2.09. The van der Waals surface area contributed by atoms with E-state index in [2.05, 4.69) is 22.6 Å². The van der Waals surface area contributed by atoms with Crippen LogP contribution < -0.4 is 0 Å². The number of esters is 1. The molecule has 4 nitrogen and oxygen atoms in total. The van der Waals surface area contributed by atoms with Crippen molar-refractivity contribution in [1.82, 2.24) is 0 Å². The second-order valence-electron chi connectivity index (χ2n) is 5.10. The SMILES string of the molecule is O=Cc1ccc(-c2ccc(C(=O)OCc3ccc(I)cc3)cc2)o1. The van der Waals surface area contributed by atoms with Gasteiger partial charge >= 0.3 is 5.97 Å². The molecule has 3 aromatic rings. The maximum atomic E-state index is 12.1. The van der Waals surface area contributed by atoms with Gasteiger partial charge in [-0.05, 0) is 64.6 Å². The van der Waals surface area contributed by atoms with E-state index < -0.39 is 0 Å². The molecule has 0 spiro atoms. The summed E-state index contributed by atoms with van der Waals surface area (Å²) >= 11 is 2.22. The van der Waals surface area contributed by atoms with Crippen LogP contribution in [-0.2, 0) is 11.3 Å². The smallest absolute Gasteiger partial charge is 0.338 e. The van der Waals surface area contributed by atoms with E-state index in [1.165, 1.54) is 0 Å². The lowest BCUT2D eigenvalue weighted by Crippen LogP contribution is -2.05. The fourth-order valence-electron chi connectivity index (χ4n) is 2.15. The van der Waals surface area contributed by atoms with Crippen molar-refractivity contribution < 1.29 is 18.7 Å². The normalized spacial score (nSPS) is 10.4. The van der Waals surface area contributed by atoms with Gasteiger partial charge in [-0.2, -0.15) is 0 Å². The van der Waals surface area contributed by atoms with Crippen LogP contribution in [0.4, 0.5) is 0 Å². The Morgan fingerprint density at radius 1 is 1.00 bits per heavy atom. The molecule has 0 aliphatic heterocycles. The van der Waals surface area contributed by atoms with Crippen LogP contribution in [0.25, 0.3) is 11.3 Å². The molecule has 2 aromatic carbocycles. The first-order chi connectivity index (χ1) is 11.7. The van der Waals surface area contributed by atoms with Crippen LogP contribution in [0.3, 0.4) is 0 Å². The maximum absolute atomic E-state index is 12.1. The molecule has 0 saturated heterocycles. The summed E-state index contributed by atoms with van der Waals surface area (Å²) in [5.74, 6) is 0.468. The van der Waals surface area contributed by atoms with E-state index in [9.17, 15) is 9.59 Å². The van der Waals surface area contributed by atoms with E-state index in [1.54, 1.807) is 36.4 Å². The number of carbonyl (C=O) groups excluding carboxylic acids is 2. The van der Waals surface area contributed by atoms with Gasteiger partial charge < -0.3 is 9.15 Å². The Morgan fingerprint density at radius 2 is 1.71 bits per heavy atom. The summed E-state index contributed by atoms with van der Waals surface area (Å²) in [5.41, 5.74) is 2.20. The largest absolute Gasteiger partial charge is 0.457 e. The average molecular weight is 432 g/mol. The summed E-state index contributed by atoms with van der Waals surface area (Å²) in [6.07, 6.45) is 0.653. The minimum Gasteiger partial charge on any atom is -0.457 e. The summed E-state index contributed by atoms with van der Waals surface area (Å²) in [4.78, 5) is 22.7. The van der Waals surface area contributed by atoms with Gasteiger partial charge in [0.05, 0.1) is 5.56 Å². The van der Waals surface area contributed by atoms with Gasteiger partial charge in [-0.1, -0.05) is 24.3 Å². The van der Waals surface area contributed by atoms with Gasteiger partial charge in [-0.15, -0.1) is 0 Å². The fourth-order valence-corrected chi connectivity index (χ4v) is 2.51. The Labute approximate surface area is 152 Å². The molecule has 1 aromatic heterocycles. The molecule has 0 aliphatic carbocycles. The minimum atomic E-state index is -0.381. The van der Waals surface area contributed by atoms with Crippen molar-refractivity contribution in [2.75, 3.05) is 0 Å². The highest BCUT2D eigenvalue weighted by atomic mass is 127. The van der Waals surface area contributed by atoms with Gasteiger partial charge in [0.25, 0.3) is 0 Å². The zero-order valence-corrected chi connectivity index (χ0v) is 14.7. The van der Waals surface area contributed by atoms with E-state index >= 15 is 0 Å². The average Bonchev–Trinajstić information content (AvgIpc) is 3.10. The molecule has 5 heteroatoms. The Hall–Kier alpha value is -2.41. The number of hydrogen-bond acceptors (Lipinski definition) is 4. The van der Waals surface area contributed by atoms with E-state index in [0.717, 1.165) is 14.7 Å². The van der Waals surface area contributed by atoms with E-state index in [1.807, 2.05) is 24.3 Å². The summed E-state index contributed by atoms with van der Waals surface area (Å²) < 4.78 is 11.8. The first-order valence-corrected chi connectivity index (χ1v) is 8.30. The second kappa shape index (κ2) is 7.44. The molecule has 1 heterocycles. The number of carbonyl (C=O) groups is 2. The monoisotopic (exact) mass is 432 g/mol. The van der Waals surface area contributed by atoms with Gasteiger partial charge in [0.1, 0.15) is 12.4 Å². The lowest BCUT2D eigenvalue weighted by molar-refractivity contribution is 0.0472. The molecule has 0 N–H and O–H groups in total. The summed E-state index contributed by atoms with van der Waals surface area (Å²) in [6, 6.07) is 18.0. The molecule has 0 unspecified atom stereocenters. The van der Waals surface area contributed by atoms with Crippen molar-refractivity contribution in [3.63, 3.8) is 0 Å². The van der Waals surface area contributed by atoms with Crippen LogP contribution in [0.5, 0.6) is 0 Å². The van der Waals surface area contributed by atoms with Gasteiger partial charge in [0, 0.05) is 9.13 Å². The molecule has 0 bridgehead atoms. The maximum Gasteiger partial charge on any atom is 0.338 e. The van der Waals surface area contributed by atoms with Crippen molar-refractivity contribution in [1.29, 1.82) is 0 Å². The number of ether oxygens (including phenoxy) is 1. The molecule has 0 atom stereocenters. The molecule has 0 fully saturated rings. The molecular weight excluding hydrogens is 419 g/mol. The molecular formula is C19H13IO4. The number of rotatable bonds is 5. The fraction of sp³-hybridized carbons (Fsp3) is 0.0526. The number of halogens is 1. The molecule has 0 saturated carbocycles. The van der Waals surface area contributed by atoms with Crippen molar-refractivity contribution in [3.05, 3.63) is 81.1 Å². The summed E-state index contributed by atoms with van der Waals surface area (Å²) in [5, 5.41) is 0. The molecule has 0 amide bonds. The molecule has 3 rings (SSSR count). The van der Waals surface area contributed by atoms with Crippen LogP contribution in [-0.4, -0.2) is 12.3 Å². The quantitative estimate of drug-likeness (QED) is 0.333. The molecule has 0 radical (unpaired) electrons. The highest BCUT2D eigenvalue weighted by Crippen LogP contribution is 2.22. The zero-order valence-electron chi connectivity index (χ0n) is 12.6. The molecule has 24 heavy (non-hydrogen) atoms. The minimum absolute atomic E-state index is 0.235. The highest BCUT2D eigenvalue weighted by molar-refractivity contribution is 14.1. The lowest BCUT2D eigenvalue weighted by Gasteiger charge is -2.06. The standard InChI is InChI=1S/C19H13IO4/c20-16-7-1-13(2-8-16)12-23-19(22)15-5-3-14(4-6-15)18-10-9-17(11-21)24-18/h1-11H,12H2. The van der Waals surface area contributed by atoms with Gasteiger partial charge in [0.2, 0.25) is 0 Å². The van der Waals surface area contributed by atoms with E-state index in [0.29, 0.717) is 17.6 Å². The third-order valence-corrected chi connectivity index (χ3v) is 4.15. The topological polar surface area (TPSA) is 56.5 Å². The third-order valence-electron chi connectivity index (χ3n) is 3.43. The Morgan fingerprint density at radius 3 is 2.33 bits per heavy atom. The van der Waals surface area contributed by atoms with Gasteiger partial charge in [-0.3, -0.25) is 4.79 Å². The third kappa shape index (κ3) is 3.91. The van der Waals surface area contributed by atoms with Gasteiger partial charge in [-0.25, -0.2) is 4.79 Å². The number of hydrogen-bond donors (Lipinski definition) is 0. The Kier molecular flexibility index (Phi) is 5.10. The van der Waals surface area contributed by atoms with Crippen LogP contribution in [0, 0.1) is 3.57 Å². The summed E-state index contributed by atoms with van der Waals surface area (Å²) in [6.45, 7) is 0.235. The molecule has 120 valence electrons.